The van der Waals surface area contributed by atoms with Crippen molar-refractivity contribution in [1.82, 2.24) is 9.55 Å². The van der Waals surface area contributed by atoms with E-state index in [1.165, 1.54) is 0 Å². The molecule has 16 heavy (non-hydrogen) atoms. The van der Waals surface area contributed by atoms with Gasteiger partial charge in [0.05, 0.1) is 11.6 Å². The zero-order chi connectivity index (χ0) is 11.9. The normalized spacial score (nSPS) is 19.9. The molecule has 4 nitrogen and oxygen atoms in total. The first-order valence-corrected chi connectivity index (χ1v) is 5.86. The number of halogens is 1. The molecule has 88 valence electrons. The predicted molar refractivity (Wildman–Crippen MR) is 60.8 cm³/mol. The second-order valence-corrected chi connectivity index (χ2v) is 4.90. The monoisotopic (exact) mass is 242 g/mol. The Hall–Kier alpha value is -1.03. The van der Waals surface area contributed by atoms with Crippen molar-refractivity contribution < 1.29 is 9.90 Å². The Labute approximate surface area is 99.2 Å². The third-order valence-electron chi connectivity index (χ3n) is 3.04. The highest BCUT2D eigenvalue weighted by atomic mass is 35.5. The molecule has 0 amide bonds. The van der Waals surface area contributed by atoms with Crippen molar-refractivity contribution in [3.05, 3.63) is 16.7 Å². The van der Waals surface area contributed by atoms with Crippen LogP contribution in [0.1, 0.15) is 37.7 Å². The number of aromatic nitrogens is 2. The fourth-order valence-electron chi connectivity index (χ4n) is 2.07. The summed E-state index contributed by atoms with van der Waals surface area (Å²) in [6.07, 6.45) is 1.12. The maximum atomic E-state index is 10.9. The lowest BCUT2D eigenvalue weighted by Crippen LogP contribution is -2.25. The van der Waals surface area contributed by atoms with Crippen LogP contribution in [0.5, 0.6) is 0 Å². The van der Waals surface area contributed by atoms with Gasteiger partial charge in [0.2, 0.25) is 0 Å². The minimum atomic E-state index is -0.739. The standard InChI is InChI=1S/C11H15ClN2O2/c1-6(2)9-10(12)14-4-3-7(11(15)16)5-8(14)13-9/h6-7H,3-5H2,1-2H3,(H,15,16). The maximum absolute atomic E-state index is 10.9. The van der Waals surface area contributed by atoms with Crippen LogP contribution in [-0.2, 0) is 17.8 Å². The summed E-state index contributed by atoms with van der Waals surface area (Å²) in [6, 6.07) is 0. The van der Waals surface area contributed by atoms with Gasteiger partial charge in [-0.05, 0) is 12.3 Å². The topological polar surface area (TPSA) is 55.1 Å². The SMILES string of the molecule is CC(C)c1nc2n(c1Cl)CCC(C(=O)O)C2. The molecule has 1 aliphatic rings. The molecule has 0 saturated carbocycles. The van der Waals surface area contributed by atoms with Gasteiger partial charge in [0.1, 0.15) is 11.0 Å². The van der Waals surface area contributed by atoms with Gasteiger partial charge < -0.3 is 9.67 Å². The zero-order valence-electron chi connectivity index (χ0n) is 9.40. The zero-order valence-corrected chi connectivity index (χ0v) is 10.2. The smallest absolute Gasteiger partial charge is 0.307 e. The third-order valence-corrected chi connectivity index (χ3v) is 3.43. The van der Waals surface area contributed by atoms with Gasteiger partial charge in [0.25, 0.3) is 0 Å². The highest BCUT2D eigenvalue weighted by Crippen LogP contribution is 2.30. The molecule has 1 unspecified atom stereocenters. The number of carboxylic acid groups (broad SMARTS) is 1. The highest BCUT2D eigenvalue weighted by molar-refractivity contribution is 6.30. The number of carboxylic acids is 1. The Balaban J connectivity index is 2.33. The van der Waals surface area contributed by atoms with Crippen LogP contribution >= 0.6 is 11.6 Å². The Kier molecular flexibility index (Phi) is 2.93. The molecule has 1 atom stereocenters. The highest BCUT2D eigenvalue weighted by Gasteiger charge is 2.28. The number of hydrogen-bond acceptors (Lipinski definition) is 2. The van der Waals surface area contributed by atoms with Crippen molar-refractivity contribution in [2.45, 2.75) is 39.2 Å². The molecule has 0 radical (unpaired) electrons. The summed E-state index contributed by atoms with van der Waals surface area (Å²) in [7, 11) is 0. The van der Waals surface area contributed by atoms with Crippen LogP contribution in [0, 0.1) is 5.92 Å². The Morgan fingerprint density at radius 3 is 2.88 bits per heavy atom. The molecule has 0 spiro atoms. The van der Waals surface area contributed by atoms with E-state index in [9.17, 15) is 4.79 Å². The second-order valence-electron chi connectivity index (χ2n) is 4.54. The summed E-state index contributed by atoms with van der Waals surface area (Å²) in [5.41, 5.74) is 0.878. The van der Waals surface area contributed by atoms with E-state index in [2.05, 4.69) is 4.98 Å². The van der Waals surface area contributed by atoms with Gasteiger partial charge in [-0.2, -0.15) is 0 Å². The van der Waals surface area contributed by atoms with Gasteiger partial charge in [0.15, 0.2) is 0 Å². The molecule has 0 aromatic carbocycles. The van der Waals surface area contributed by atoms with Gasteiger partial charge in [-0.25, -0.2) is 4.98 Å². The molecule has 0 aliphatic carbocycles. The summed E-state index contributed by atoms with van der Waals surface area (Å²) in [5.74, 6) is 0.0312. The summed E-state index contributed by atoms with van der Waals surface area (Å²) < 4.78 is 1.94. The molecular weight excluding hydrogens is 228 g/mol. The first-order valence-electron chi connectivity index (χ1n) is 5.48. The molecule has 0 bridgehead atoms. The van der Waals surface area contributed by atoms with Crippen LogP contribution in [0.3, 0.4) is 0 Å². The average molecular weight is 243 g/mol. The van der Waals surface area contributed by atoms with E-state index in [-0.39, 0.29) is 11.8 Å². The quantitative estimate of drug-likeness (QED) is 0.866. The summed E-state index contributed by atoms with van der Waals surface area (Å²) in [4.78, 5) is 15.4. The van der Waals surface area contributed by atoms with Gasteiger partial charge >= 0.3 is 5.97 Å². The van der Waals surface area contributed by atoms with Crippen LogP contribution in [0.25, 0.3) is 0 Å². The summed E-state index contributed by atoms with van der Waals surface area (Å²) >= 11 is 6.22. The van der Waals surface area contributed by atoms with Gasteiger partial charge in [-0.15, -0.1) is 0 Å². The number of nitrogens with zero attached hydrogens (tertiary/aromatic N) is 2. The molecule has 5 heteroatoms. The number of aliphatic carboxylic acids is 1. The van der Waals surface area contributed by atoms with Gasteiger partial charge in [-0.3, -0.25) is 4.79 Å². The van der Waals surface area contributed by atoms with Crippen LogP contribution in [-0.4, -0.2) is 20.6 Å². The average Bonchev–Trinajstić information content (AvgIpc) is 2.55. The predicted octanol–water partition coefficient (Wildman–Crippen LogP) is 2.31. The molecule has 1 N–H and O–H groups in total. The molecule has 0 fully saturated rings. The van der Waals surface area contributed by atoms with Crippen LogP contribution in [0.4, 0.5) is 0 Å². The van der Waals surface area contributed by atoms with Crippen molar-refractivity contribution in [1.29, 1.82) is 0 Å². The fraction of sp³-hybridized carbons (Fsp3) is 0.636. The van der Waals surface area contributed by atoms with Crippen molar-refractivity contribution in [2.75, 3.05) is 0 Å². The Morgan fingerprint density at radius 2 is 2.31 bits per heavy atom. The van der Waals surface area contributed by atoms with E-state index in [0.29, 0.717) is 24.5 Å². The number of imidazole rings is 1. The van der Waals surface area contributed by atoms with Gasteiger partial charge in [0, 0.05) is 13.0 Å². The fourth-order valence-corrected chi connectivity index (χ4v) is 2.51. The van der Waals surface area contributed by atoms with E-state index in [0.717, 1.165) is 11.5 Å². The Bertz CT molecular complexity index is 426. The van der Waals surface area contributed by atoms with Gasteiger partial charge in [-0.1, -0.05) is 25.4 Å². The second kappa shape index (κ2) is 4.09. The van der Waals surface area contributed by atoms with E-state index in [1.807, 2.05) is 18.4 Å². The summed E-state index contributed by atoms with van der Waals surface area (Å²) in [5, 5.41) is 9.65. The lowest BCUT2D eigenvalue weighted by atomic mass is 9.98. The molecule has 1 aliphatic heterocycles. The van der Waals surface area contributed by atoms with Crippen LogP contribution in [0.2, 0.25) is 5.15 Å². The van der Waals surface area contributed by atoms with Crippen LogP contribution < -0.4 is 0 Å². The molecule has 2 rings (SSSR count). The van der Waals surface area contributed by atoms with Crippen molar-refractivity contribution in [2.24, 2.45) is 5.92 Å². The first kappa shape index (κ1) is 11.5. The number of hydrogen-bond donors (Lipinski definition) is 1. The van der Waals surface area contributed by atoms with Crippen LogP contribution in [0.15, 0.2) is 0 Å². The molecule has 1 aromatic rings. The minimum absolute atomic E-state index is 0.272. The van der Waals surface area contributed by atoms with E-state index in [4.69, 9.17) is 16.7 Å². The van der Waals surface area contributed by atoms with E-state index in [1.54, 1.807) is 0 Å². The minimum Gasteiger partial charge on any atom is -0.481 e. The number of rotatable bonds is 2. The molecule has 0 saturated heterocycles. The summed E-state index contributed by atoms with van der Waals surface area (Å²) in [6.45, 7) is 4.73. The lowest BCUT2D eigenvalue weighted by molar-refractivity contribution is -0.142. The third kappa shape index (κ3) is 1.82. The Morgan fingerprint density at radius 1 is 1.62 bits per heavy atom. The van der Waals surface area contributed by atoms with E-state index < -0.39 is 5.97 Å². The molecular formula is C11H15ClN2O2. The first-order chi connectivity index (χ1) is 7.50. The number of carbonyl (C=O) groups is 1. The van der Waals surface area contributed by atoms with Crippen molar-refractivity contribution in [3.8, 4) is 0 Å². The van der Waals surface area contributed by atoms with Crippen molar-refractivity contribution >= 4 is 17.6 Å². The molecule has 1 aromatic heterocycles. The largest absolute Gasteiger partial charge is 0.481 e. The maximum Gasteiger partial charge on any atom is 0.307 e. The number of fused-ring (bicyclic) bond motifs is 1. The lowest BCUT2D eigenvalue weighted by Gasteiger charge is -2.20. The van der Waals surface area contributed by atoms with E-state index >= 15 is 0 Å². The van der Waals surface area contributed by atoms with Crippen molar-refractivity contribution in [3.63, 3.8) is 0 Å². The molecule has 2 heterocycles.